The molecule has 6 nitrogen and oxygen atoms in total. The Bertz CT molecular complexity index is 462. The van der Waals surface area contributed by atoms with E-state index >= 15 is 0 Å². The van der Waals surface area contributed by atoms with Crippen molar-refractivity contribution in [3.8, 4) is 0 Å². The van der Waals surface area contributed by atoms with Crippen LogP contribution in [0.15, 0.2) is 16.4 Å². The number of carbonyl (C=O) groups is 1. The fraction of sp³-hybridized carbons (Fsp3) is 0.222. The van der Waals surface area contributed by atoms with Gasteiger partial charge < -0.3 is 15.8 Å². The minimum atomic E-state index is -1.04. The summed E-state index contributed by atoms with van der Waals surface area (Å²) in [5.41, 5.74) is 5.09. The number of nitrogens with two attached hydrogens (primary N) is 1. The second-order valence-electron chi connectivity index (χ2n) is 2.88. The minimum Gasteiger partial charge on any atom is -0.478 e. The quantitative estimate of drug-likeness (QED) is 0.617. The molecule has 0 unspecified atom stereocenters. The predicted molar refractivity (Wildman–Crippen MR) is 55.2 cm³/mol. The van der Waals surface area contributed by atoms with Crippen LogP contribution in [-0.2, 0) is 4.79 Å². The van der Waals surface area contributed by atoms with Crippen molar-refractivity contribution in [2.45, 2.75) is 13.3 Å². The molecule has 0 saturated carbocycles. The van der Waals surface area contributed by atoms with Crippen LogP contribution in [0.3, 0.4) is 0 Å². The number of aromatic nitrogens is 2. The van der Waals surface area contributed by atoms with Gasteiger partial charge in [0.2, 0.25) is 0 Å². The zero-order valence-corrected chi connectivity index (χ0v) is 8.15. The molecule has 0 aliphatic heterocycles. The molecule has 0 spiro atoms. The van der Waals surface area contributed by atoms with Crippen molar-refractivity contribution in [1.82, 2.24) is 9.97 Å². The summed E-state index contributed by atoms with van der Waals surface area (Å²) in [6.07, 6.45) is 1.63. The minimum absolute atomic E-state index is 0.0610. The fourth-order valence-corrected chi connectivity index (χ4v) is 1.04. The first-order valence-electron chi connectivity index (χ1n) is 4.33. The summed E-state index contributed by atoms with van der Waals surface area (Å²) in [4.78, 5) is 27.9. The Kier molecular flexibility index (Phi) is 3.22. The van der Waals surface area contributed by atoms with Crippen molar-refractivity contribution < 1.29 is 9.90 Å². The van der Waals surface area contributed by atoms with Crippen LogP contribution in [0.5, 0.6) is 0 Å². The smallest absolute Gasteiger partial charge is 0.331 e. The van der Waals surface area contributed by atoms with Gasteiger partial charge >= 0.3 is 5.97 Å². The fourth-order valence-electron chi connectivity index (χ4n) is 1.04. The van der Waals surface area contributed by atoms with Gasteiger partial charge in [0.1, 0.15) is 11.6 Å². The van der Waals surface area contributed by atoms with Gasteiger partial charge in [0.15, 0.2) is 0 Å². The predicted octanol–water partition coefficient (Wildman–Crippen LogP) is 0.230. The molecule has 6 heteroatoms. The molecule has 0 aliphatic rings. The molecule has 1 aromatic rings. The van der Waals surface area contributed by atoms with Crippen molar-refractivity contribution in [2.75, 3.05) is 5.73 Å². The van der Waals surface area contributed by atoms with Crippen LogP contribution in [-0.4, -0.2) is 21.0 Å². The Labute approximate surface area is 85.5 Å². The van der Waals surface area contributed by atoms with Gasteiger partial charge in [-0.25, -0.2) is 9.78 Å². The summed E-state index contributed by atoms with van der Waals surface area (Å²) in [6, 6.07) is 1.13. The molecule has 1 heterocycles. The highest BCUT2D eigenvalue weighted by Crippen LogP contribution is 2.05. The number of hydrogen-bond acceptors (Lipinski definition) is 4. The van der Waals surface area contributed by atoms with Crippen LogP contribution in [0.4, 0.5) is 5.82 Å². The maximum Gasteiger partial charge on any atom is 0.331 e. The highest BCUT2D eigenvalue weighted by Gasteiger charge is 2.05. The van der Waals surface area contributed by atoms with Crippen LogP contribution in [0, 0.1) is 0 Å². The van der Waals surface area contributed by atoms with Crippen molar-refractivity contribution in [1.29, 1.82) is 0 Å². The van der Waals surface area contributed by atoms with E-state index in [2.05, 4.69) is 9.97 Å². The Morgan fingerprint density at radius 2 is 2.40 bits per heavy atom. The molecule has 0 radical (unpaired) electrons. The van der Waals surface area contributed by atoms with E-state index in [4.69, 9.17) is 10.8 Å². The van der Waals surface area contributed by atoms with Gasteiger partial charge in [0.25, 0.3) is 5.56 Å². The first-order valence-corrected chi connectivity index (χ1v) is 4.33. The zero-order valence-electron chi connectivity index (χ0n) is 8.15. The van der Waals surface area contributed by atoms with Crippen molar-refractivity contribution in [3.63, 3.8) is 0 Å². The number of aliphatic carboxylic acids is 1. The molecule has 4 N–H and O–H groups in total. The summed E-state index contributed by atoms with van der Waals surface area (Å²) in [7, 11) is 0. The number of aromatic amines is 1. The lowest BCUT2D eigenvalue weighted by Crippen LogP contribution is -2.11. The van der Waals surface area contributed by atoms with Crippen LogP contribution < -0.4 is 11.3 Å². The molecule has 15 heavy (non-hydrogen) atoms. The average molecular weight is 209 g/mol. The Morgan fingerprint density at radius 3 is 2.87 bits per heavy atom. The monoisotopic (exact) mass is 209 g/mol. The van der Waals surface area contributed by atoms with Crippen LogP contribution in [0.2, 0.25) is 0 Å². The standard InChI is InChI=1S/C9H11N3O3/c1-2-5(9(14)15)3-7-11-6(10)4-8(13)12-7/h3-4H,2H2,1H3,(H,14,15)(H3,10,11,12,13)/b5-3+. The molecule has 0 saturated heterocycles. The maximum absolute atomic E-state index is 11.0. The zero-order chi connectivity index (χ0) is 11.4. The summed E-state index contributed by atoms with van der Waals surface area (Å²) >= 11 is 0. The van der Waals surface area contributed by atoms with E-state index in [1.165, 1.54) is 6.08 Å². The number of hydrogen-bond donors (Lipinski definition) is 3. The van der Waals surface area contributed by atoms with E-state index in [0.717, 1.165) is 6.07 Å². The van der Waals surface area contributed by atoms with E-state index in [0.29, 0.717) is 6.42 Å². The van der Waals surface area contributed by atoms with Crippen molar-refractivity contribution >= 4 is 17.9 Å². The summed E-state index contributed by atoms with van der Waals surface area (Å²) in [5, 5.41) is 8.75. The van der Waals surface area contributed by atoms with Gasteiger partial charge in [-0.2, -0.15) is 0 Å². The number of rotatable bonds is 3. The van der Waals surface area contributed by atoms with E-state index in [1.54, 1.807) is 6.92 Å². The lowest BCUT2D eigenvalue weighted by Gasteiger charge is -1.98. The van der Waals surface area contributed by atoms with Crippen LogP contribution in [0.1, 0.15) is 19.2 Å². The average Bonchev–Trinajstić information content (AvgIpc) is 2.12. The van der Waals surface area contributed by atoms with Gasteiger partial charge in [0, 0.05) is 11.6 Å². The molecule has 0 atom stereocenters. The molecule has 0 aromatic carbocycles. The number of anilines is 1. The number of nitrogen functional groups attached to an aromatic ring is 1. The third-order valence-corrected chi connectivity index (χ3v) is 1.75. The molecule has 0 fully saturated rings. The lowest BCUT2D eigenvalue weighted by atomic mass is 10.2. The maximum atomic E-state index is 11.0. The third-order valence-electron chi connectivity index (χ3n) is 1.75. The van der Waals surface area contributed by atoms with E-state index in [1.807, 2.05) is 0 Å². The normalized spacial score (nSPS) is 11.4. The second kappa shape index (κ2) is 4.41. The third kappa shape index (κ3) is 2.94. The van der Waals surface area contributed by atoms with Crippen LogP contribution >= 0.6 is 0 Å². The molecule has 1 aromatic heterocycles. The van der Waals surface area contributed by atoms with Gasteiger partial charge in [0.05, 0.1) is 0 Å². The molecular weight excluding hydrogens is 198 g/mol. The highest BCUT2D eigenvalue weighted by atomic mass is 16.4. The Morgan fingerprint density at radius 1 is 1.73 bits per heavy atom. The van der Waals surface area contributed by atoms with Gasteiger partial charge in [-0.3, -0.25) is 4.79 Å². The molecule has 0 amide bonds. The molecule has 80 valence electrons. The van der Waals surface area contributed by atoms with E-state index < -0.39 is 11.5 Å². The lowest BCUT2D eigenvalue weighted by molar-refractivity contribution is -0.132. The SMILES string of the molecule is CC/C(=C\c1nc(N)cc(=O)[nH]1)C(=O)O. The summed E-state index contributed by atoms with van der Waals surface area (Å²) < 4.78 is 0. The van der Waals surface area contributed by atoms with Crippen molar-refractivity contribution in [3.05, 3.63) is 27.8 Å². The topological polar surface area (TPSA) is 109 Å². The second-order valence-corrected chi connectivity index (χ2v) is 2.88. The van der Waals surface area contributed by atoms with Crippen molar-refractivity contribution in [2.24, 2.45) is 0 Å². The number of carboxylic acids is 1. The first-order chi connectivity index (χ1) is 7.02. The molecular formula is C9H11N3O3. The number of carboxylic acid groups (broad SMARTS) is 1. The van der Waals surface area contributed by atoms with E-state index in [-0.39, 0.29) is 17.2 Å². The first kappa shape index (κ1) is 11.0. The Balaban J connectivity index is 3.17. The highest BCUT2D eigenvalue weighted by molar-refractivity contribution is 5.91. The number of nitrogens with zero attached hydrogens (tertiary/aromatic N) is 1. The van der Waals surface area contributed by atoms with Gasteiger partial charge in [-0.15, -0.1) is 0 Å². The summed E-state index contributed by atoms with van der Waals surface area (Å²) in [5.74, 6) is -0.826. The van der Waals surface area contributed by atoms with Gasteiger partial charge in [-0.1, -0.05) is 6.92 Å². The number of H-pyrrole nitrogens is 1. The van der Waals surface area contributed by atoms with Crippen LogP contribution in [0.25, 0.3) is 6.08 Å². The molecule has 1 rings (SSSR count). The van der Waals surface area contributed by atoms with E-state index in [9.17, 15) is 9.59 Å². The largest absolute Gasteiger partial charge is 0.478 e. The Hall–Kier alpha value is -2.11. The van der Waals surface area contributed by atoms with Gasteiger partial charge in [-0.05, 0) is 12.5 Å². The summed E-state index contributed by atoms with van der Waals surface area (Å²) in [6.45, 7) is 1.70. The molecule has 0 bridgehead atoms. The molecule has 0 aliphatic carbocycles. The number of nitrogens with one attached hydrogen (secondary N) is 1.